The Morgan fingerprint density at radius 3 is 2.71 bits per heavy atom. The van der Waals surface area contributed by atoms with Gasteiger partial charge in [-0.3, -0.25) is 4.79 Å². The summed E-state index contributed by atoms with van der Waals surface area (Å²) in [5.41, 5.74) is 0. The lowest BCUT2D eigenvalue weighted by atomic mass is 10.2. The molecule has 2 N–H and O–H groups in total. The molecule has 1 rings (SSSR count). The lowest BCUT2D eigenvalue weighted by Crippen LogP contribution is -2.44. The average Bonchev–Trinajstić information content (AvgIpc) is 2.89. The van der Waals surface area contributed by atoms with E-state index >= 15 is 0 Å². The Bertz CT molecular complexity index is 431. The maximum absolute atomic E-state index is 11.9. The van der Waals surface area contributed by atoms with Crippen molar-refractivity contribution in [3.8, 4) is 0 Å². The summed E-state index contributed by atoms with van der Waals surface area (Å²) >= 11 is 0. The molecule has 0 aliphatic carbocycles. The van der Waals surface area contributed by atoms with Crippen molar-refractivity contribution in [2.24, 2.45) is 5.92 Å². The fraction of sp³-hybridized carbons (Fsp3) is 0.643. The van der Waals surface area contributed by atoms with Crippen molar-refractivity contribution in [2.45, 2.75) is 33.2 Å². The second kappa shape index (κ2) is 8.99. The van der Waals surface area contributed by atoms with Crippen LogP contribution in [0.5, 0.6) is 0 Å². The Kier molecular flexibility index (Phi) is 7.28. The van der Waals surface area contributed by atoms with E-state index in [0.717, 1.165) is 19.4 Å². The third-order valence-corrected chi connectivity index (χ3v) is 2.88. The van der Waals surface area contributed by atoms with Gasteiger partial charge in [-0.2, -0.15) is 0 Å². The number of aromatic nitrogens is 2. The molecule has 0 saturated heterocycles. The molecule has 1 heterocycles. The van der Waals surface area contributed by atoms with E-state index in [1.807, 2.05) is 24.6 Å². The number of carbonyl (C=O) groups excluding carboxylic acids is 1. The van der Waals surface area contributed by atoms with E-state index in [2.05, 4.69) is 10.3 Å². The maximum Gasteiger partial charge on any atom is 0.323 e. The van der Waals surface area contributed by atoms with E-state index in [1.54, 1.807) is 12.5 Å². The Balaban J connectivity index is 2.24. The summed E-state index contributed by atoms with van der Waals surface area (Å²) in [5.74, 6) is -0.762. The minimum atomic E-state index is -0.995. The zero-order valence-corrected chi connectivity index (χ0v) is 12.7. The van der Waals surface area contributed by atoms with Gasteiger partial charge < -0.3 is 19.9 Å². The number of aliphatic carboxylic acids is 1. The molecule has 0 saturated carbocycles. The van der Waals surface area contributed by atoms with Gasteiger partial charge in [-0.05, 0) is 18.8 Å². The molecule has 118 valence electrons. The molecular formula is C14H24N4O3. The first kappa shape index (κ1) is 17.0. The third-order valence-electron chi connectivity index (χ3n) is 2.88. The zero-order chi connectivity index (χ0) is 15.7. The molecule has 7 heteroatoms. The second-order valence-corrected chi connectivity index (χ2v) is 5.41. The molecule has 0 aliphatic heterocycles. The number of hydrogen-bond acceptors (Lipinski definition) is 3. The first-order chi connectivity index (χ1) is 9.99. The quantitative estimate of drug-likeness (QED) is 0.675. The van der Waals surface area contributed by atoms with E-state index in [0.29, 0.717) is 13.1 Å². The predicted molar refractivity (Wildman–Crippen MR) is 78.9 cm³/mol. The van der Waals surface area contributed by atoms with E-state index in [-0.39, 0.29) is 18.5 Å². The number of urea groups is 1. The van der Waals surface area contributed by atoms with Crippen LogP contribution in [0.4, 0.5) is 4.79 Å². The minimum Gasteiger partial charge on any atom is -0.480 e. The minimum absolute atomic E-state index is 0.233. The van der Waals surface area contributed by atoms with Gasteiger partial charge in [-0.15, -0.1) is 0 Å². The molecule has 0 aromatic carbocycles. The number of amides is 2. The highest BCUT2D eigenvalue weighted by Gasteiger charge is 2.17. The number of carboxylic acids is 1. The highest BCUT2D eigenvalue weighted by atomic mass is 16.4. The molecule has 0 spiro atoms. The summed E-state index contributed by atoms with van der Waals surface area (Å²) in [5, 5.41) is 11.6. The molecule has 2 amide bonds. The molecule has 1 aromatic heterocycles. The summed E-state index contributed by atoms with van der Waals surface area (Å²) in [6.45, 7) is 5.48. The highest BCUT2D eigenvalue weighted by molar-refractivity contribution is 5.80. The van der Waals surface area contributed by atoms with Crippen LogP contribution in [0.2, 0.25) is 0 Å². The van der Waals surface area contributed by atoms with Crippen molar-refractivity contribution in [2.75, 3.05) is 19.6 Å². The molecule has 0 unspecified atom stereocenters. The number of nitrogens with one attached hydrogen (secondary N) is 1. The molecule has 0 fully saturated rings. The van der Waals surface area contributed by atoms with E-state index < -0.39 is 5.97 Å². The maximum atomic E-state index is 11.9. The normalized spacial score (nSPS) is 10.6. The van der Waals surface area contributed by atoms with Gasteiger partial charge in [0, 0.05) is 32.0 Å². The van der Waals surface area contributed by atoms with Crippen molar-refractivity contribution in [3.63, 3.8) is 0 Å². The summed E-state index contributed by atoms with van der Waals surface area (Å²) in [7, 11) is 0. The van der Waals surface area contributed by atoms with E-state index in [4.69, 9.17) is 5.11 Å². The van der Waals surface area contributed by atoms with Crippen LogP contribution in [-0.2, 0) is 11.3 Å². The second-order valence-electron chi connectivity index (χ2n) is 5.41. The molecular weight excluding hydrogens is 272 g/mol. The number of rotatable bonds is 9. The van der Waals surface area contributed by atoms with Crippen molar-refractivity contribution >= 4 is 12.0 Å². The predicted octanol–water partition coefficient (Wildman–Crippen LogP) is 1.42. The first-order valence-electron chi connectivity index (χ1n) is 7.19. The number of imidazole rings is 1. The van der Waals surface area contributed by atoms with Crippen LogP contribution in [0.3, 0.4) is 0 Å². The molecule has 7 nitrogen and oxygen atoms in total. The monoisotopic (exact) mass is 296 g/mol. The summed E-state index contributed by atoms with van der Waals surface area (Å²) < 4.78 is 1.98. The van der Waals surface area contributed by atoms with E-state index in [9.17, 15) is 9.59 Å². The Morgan fingerprint density at radius 2 is 2.14 bits per heavy atom. The molecule has 0 radical (unpaired) electrons. The Hall–Kier alpha value is -2.05. The number of aryl methyl sites for hydroxylation is 1. The summed E-state index contributed by atoms with van der Waals surface area (Å²) in [4.78, 5) is 28.0. The van der Waals surface area contributed by atoms with Crippen molar-refractivity contribution in [1.29, 1.82) is 0 Å². The lowest BCUT2D eigenvalue weighted by molar-refractivity contribution is -0.137. The fourth-order valence-electron chi connectivity index (χ4n) is 1.97. The number of carbonyl (C=O) groups is 2. The third kappa shape index (κ3) is 7.34. The van der Waals surface area contributed by atoms with Crippen LogP contribution in [-0.4, -0.2) is 51.2 Å². The first-order valence-corrected chi connectivity index (χ1v) is 7.19. The number of nitrogens with zero attached hydrogens (tertiary/aromatic N) is 3. The van der Waals surface area contributed by atoms with Crippen LogP contribution in [0.15, 0.2) is 18.7 Å². The van der Waals surface area contributed by atoms with Gasteiger partial charge >= 0.3 is 12.0 Å². The lowest BCUT2D eigenvalue weighted by Gasteiger charge is -2.23. The zero-order valence-electron chi connectivity index (χ0n) is 12.7. The van der Waals surface area contributed by atoms with Gasteiger partial charge in [0.05, 0.1) is 6.33 Å². The molecule has 1 aromatic rings. The largest absolute Gasteiger partial charge is 0.480 e. The fourth-order valence-corrected chi connectivity index (χ4v) is 1.97. The van der Waals surface area contributed by atoms with Crippen LogP contribution < -0.4 is 5.32 Å². The van der Waals surface area contributed by atoms with Crippen LogP contribution in [0.1, 0.15) is 26.7 Å². The SMILES string of the molecule is CC(C)CN(CC(=O)O)C(=O)NCCCCn1ccnc1. The van der Waals surface area contributed by atoms with Gasteiger partial charge in [0.1, 0.15) is 6.54 Å². The van der Waals surface area contributed by atoms with Gasteiger partial charge in [-0.1, -0.05) is 13.8 Å². The summed E-state index contributed by atoms with van der Waals surface area (Å²) in [6.07, 6.45) is 7.16. The van der Waals surface area contributed by atoms with Crippen LogP contribution in [0.25, 0.3) is 0 Å². The number of carboxylic acid groups (broad SMARTS) is 1. The number of hydrogen-bond donors (Lipinski definition) is 2. The van der Waals surface area contributed by atoms with Gasteiger partial charge in [0.25, 0.3) is 0 Å². The van der Waals surface area contributed by atoms with Crippen molar-refractivity contribution < 1.29 is 14.7 Å². The molecule has 0 atom stereocenters. The smallest absolute Gasteiger partial charge is 0.323 e. The Labute approximate surface area is 125 Å². The van der Waals surface area contributed by atoms with Gasteiger partial charge in [-0.25, -0.2) is 9.78 Å². The van der Waals surface area contributed by atoms with Crippen molar-refractivity contribution in [1.82, 2.24) is 19.8 Å². The molecule has 0 bridgehead atoms. The topological polar surface area (TPSA) is 87.5 Å². The van der Waals surface area contributed by atoms with Crippen LogP contribution >= 0.6 is 0 Å². The highest BCUT2D eigenvalue weighted by Crippen LogP contribution is 2.00. The number of unbranched alkanes of at least 4 members (excludes halogenated alkanes) is 1. The van der Waals surface area contributed by atoms with Gasteiger partial charge in [0.2, 0.25) is 0 Å². The van der Waals surface area contributed by atoms with Crippen molar-refractivity contribution in [3.05, 3.63) is 18.7 Å². The van der Waals surface area contributed by atoms with Crippen LogP contribution in [0, 0.1) is 5.92 Å². The van der Waals surface area contributed by atoms with Gasteiger partial charge in [0.15, 0.2) is 0 Å². The summed E-state index contributed by atoms with van der Waals surface area (Å²) in [6, 6.07) is -0.311. The molecule has 21 heavy (non-hydrogen) atoms. The molecule has 0 aliphatic rings. The Morgan fingerprint density at radius 1 is 1.38 bits per heavy atom. The standard InChI is InChI=1S/C14H24N4O3/c1-12(2)9-18(10-13(19)20)14(21)16-5-3-4-7-17-8-6-15-11-17/h6,8,11-12H,3-5,7,9-10H2,1-2H3,(H,16,21)(H,19,20). The van der Waals surface area contributed by atoms with E-state index in [1.165, 1.54) is 4.90 Å². The average molecular weight is 296 g/mol.